The van der Waals surface area contributed by atoms with Crippen LogP contribution in [0.4, 0.5) is 15.6 Å². The Balaban J connectivity index is 1.82. The number of hydrogen-bond donors (Lipinski definition) is 3. The third-order valence-corrected chi connectivity index (χ3v) is 3.95. The van der Waals surface area contributed by atoms with Crippen LogP contribution in [0.5, 0.6) is 0 Å². The van der Waals surface area contributed by atoms with Gasteiger partial charge in [-0.1, -0.05) is 17.7 Å². The molecule has 3 amide bonds. The predicted molar refractivity (Wildman–Crippen MR) is 97.8 cm³/mol. The molecule has 0 radical (unpaired) electrons. The second kappa shape index (κ2) is 8.65. The Morgan fingerprint density at radius 3 is 2.79 bits per heavy atom. The lowest BCUT2D eigenvalue weighted by molar-refractivity contribution is -0.121. The number of urea groups is 1. The molecule has 2 aromatic rings. The number of carbonyl (C=O) groups excluding carboxylic acids is 2. The SMILES string of the molecule is CC(C)NC(=O)CCc1csc(NC(=O)Nc2cccc(Cl)c2)n1. The summed E-state index contributed by atoms with van der Waals surface area (Å²) in [6.07, 6.45) is 0.905. The largest absolute Gasteiger partial charge is 0.354 e. The number of nitrogens with one attached hydrogen (secondary N) is 3. The van der Waals surface area contributed by atoms with Crippen molar-refractivity contribution in [1.82, 2.24) is 10.3 Å². The van der Waals surface area contributed by atoms with Gasteiger partial charge in [0.25, 0.3) is 0 Å². The van der Waals surface area contributed by atoms with E-state index in [2.05, 4.69) is 20.9 Å². The topological polar surface area (TPSA) is 83.1 Å². The zero-order valence-electron chi connectivity index (χ0n) is 13.4. The van der Waals surface area contributed by atoms with Crippen molar-refractivity contribution in [2.45, 2.75) is 32.7 Å². The van der Waals surface area contributed by atoms with Crippen LogP contribution in [0.25, 0.3) is 0 Å². The van der Waals surface area contributed by atoms with Crippen LogP contribution in [0.2, 0.25) is 5.02 Å². The van der Waals surface area contributed by atoms with E-state index < -0.39 is 6.03 Å². The molecular formula is C16H19ClN4O2S. The highest BCUT2D eigenvalue weighted by Crippen LogP contribution is 2.18. The van der Waals surface area contributed by atoms with E-state index in [1.165, 1.54) is 11.3 Å². The van der Waals surface area contributed by atoms with E-state index in [-0.39, 0.29) is 11.9 Å². The first kappa shape index (κ1) is 18.2. The van der Waals surface area contributed by atoms with Crippen LogP contribution in [-0.4, -0.2) is 23.0 Å². The van der Waals surface area contributed by atoms with Gasteiger partial charge in [0.1, 0.15) is 0 Å². The molecule has 1 aromatic carbocycles. The van der Waals surface area contributed by atoms with Crippen molar-refractivity contribution in [3.63, 3.8) is 0 Å². The van der Waals surface area contributed by atoms with Crippen molar-refractivity contribution in [3.8, 4) is 0 Å². The maximum Gasteiger partial charge on any atom is 0.325 e. The van der Waals surface area contributed by atoms with Crippen molar-refractivity contribution in [1.29, 1.82) is 0 Å². The van der Waals surface area contributed by atoms with Crippen LogP contribution in [0.3, 0.4) is 0 Å². The molecule has 0 aliphatic heterocycles. The Morgan fingerprint density at radius 1 is 1.29 bits per heavy atom. The highest BCUT2D eigenvalue weighted by molar-refractivity contribution is 7.13. The minimum Gasteiger partial charge on any atom is -0.354 e. The number of rotatable bonds is 6. The van der Waals surface area contributed by atoms with Crippen LogP contribution in [-0.2, 0) is 11.2 Å². The minimum absolute atomic E-state index is 0.00814. The highest BCUT2D eigenvalue weighted by atomic mass is 35.5. The molecule has 0 saturated carbocycles. The number of amides is 3. The van der Waals surface area contributed by atoms with Gasteiger partial charge in [-0.25, -0.2) is 9.78 Å². The summed E-state index contributed by atoms with van der Waals surface area (Å²) in [7, 11) is 0. The van der Waals surface area contributed by atoms with Crippen LogP contribution < -0.4 is 16.0 Å². The number of anilines is 2. The summed E-state index contributed by atoms with van der Waals surface area (Å²) in [5.41, 5.74) is 1.37. The summed E-state index contributed by atoms with van der Waals surface area (Å²) in [5.74, 6) is -0.00814. The number of carbonyl (C=O) groups is 2. The average Bonchev–Trinajstić information content (AvgIpc) is 2.91. The molecule has 0 aliphatic rings. The summed E-state index contributed by atoms with van der Waals surface area (Å²) in [6.45, 7) is 3.84. The van der Waals surface area contributed by atoms with Gasteiger partial charge in [0.15, 0.2) is 5.13 Å². The fraction of sp³-hybridized carbons (Fsp3) is 0.312. The zero-order chi connectivity index (χ0) is 17.5. The molecule has 0 atom stereocenters. The van der Waals surface area contributed by atoms with E-state index in [9.17, 15) is 9.59 Å². The molecule has 0 fully saturated rings. The molecule has 0 spiro atoms. The molecule has 0 aliphatic carbocycles. The van der Waals surface area contributed by atoms with E-state index in [1.54, 1.807) is 24.3 Å². The zero-order valence-corrected chi connectivity index (χ0v) is 15.0. The quantitative estimate of drug-likeness (QED) is 0.725. The summed E-state index contributed by atoms with van der Waals surface area (Å²) < 4.78 is 0. The fourth-order valence-electron chi connectivity index (χ4n) is 1.94. The Labute approximate surface area is 149 Å². The molecule has 0 bridgehead atoms. The lowest BCUT2D eigenvalue weighted by atomic mass is 10.2. The maximum atomic E-state index is 11.9. The molecule has 1 aromatic heterocycles. The first-order chi connectivity index (χ1) is 11.4. The standard InChI is InChI=1S/C16H19ClN4O2S/c1-10(2)18-14(22)7-6-13-9-24-16(20-13)21-15(23)19-12-5-3-4-11(17)8-12/h3-5,8-10H,6-7H2,1-2H3,(H,18,22)(H2,19,20,21,23). The number of thiazole rings is 1. The monoisotopic (exact) mass is 366 g/mol. The van der Waals surface area contributed by atoms with E-state index in [4.69, 9.17) is 11.6 Å². The minimum atomic E-state index is -0.393. The second-order valence-corrected chi connectivity index (χ2v) is 6.75. The van der Waals surface area contributed by atoms with E-state index in [1.807, 2.05) is 19.2 Å². The average molecular weight is 367 g/mol. The Kier molecular flexibility index (Phi) is 6.57. The van der Waals surface area contributed by atoms with Gasteiger partial charge in [-0.15, -0.1) is 11.3 Å². The molecule has 1 heterocycles. The van der Waals surface area contributed by atoms with Crippen LogP contribution in [0.1, 0.15) is 26.0 Å². The van der Waals surface area contributed by atoms with Crippen LogP contribution in [0, 0.1) is 0 Å². The van der Waals surface area contributed by atoms with Gasteiger partial charge >= 0.3 is 6.03 Å². The molecule has 0 unspecified atom stereocenters. The number of hydrogen-bond acceptors (Lipinski definition) is 4. The smallest absolute Gasteiger partial charge is 0.325 e. The molecule has 8 heteroatoms. The molecule has 0 saturated heterocycles. The first-order valence-electron chi connectivity index (χ1n) is 7.49. The van der Waals surface area contributed by atoms with Crippen molar-refractivity contribution >= 4 is 45.7 Å². The van der Waals surface area contributed by atoms with Crippen molar-refractivity contribution in [2.24, 2.45) is 0 Å². The van der Waals surface area contributed by atoms with Crippen molar-refractivity contribution in [2.75, 3.05) is 10.6 Å². The van der Waals surface area contributed by atoms with E-state index >= 15 is 0 Å². The normalized spacial score (nSPS) is 10.5. The number of nitrogens with zero attached hydrogens (tertiary/aromatic N) is 1. The lowest BCUT2D eigenvalue weighted by Crippen LogP contribution is -2.30. The molecule has 6 nitrogen and oxygen atoms in total. The third-order valence-electron chi connectivity index (χ3n) is 2.91. The second-order valence-electron chi connectivity index (χ2n) is 5.46. The van der Waals surface area contributed by atoms with Gasteiger partial charge in [-0.2, -0.15) is 0 Å². The summed E-state index contributed by atoms with van der Waals surface area (Å²) in [4.78, 5) is 27.8. The van der Waals surface area contributed by atoms with Gasteiger partial charge in [-0.05, 0) is 38.5 Å². The third kappa shape index (κ3) is 6.17. The summed E-state index contributed by atoms with van der Waals surface area (Å²) >= 11 is 7.19. The number of aromatic nitrogens is 1. The Hall–Kier alpha value is -2.12. The summed E-state index contributed by atoms with van der Waals surface area (Å²) in [6, 6.07) is 6.61. The Morgan fingerprint density at radius 2 is 2.08 bits per heavy atom. The van der Waals surface area contributed by atoms with Crippen molar-refractivity contribution in [3.05, 3.63) is 40.4 Å². The lowest BCUT2D eigenvalue weighted by Gasteiger charge is -2.07. The van der Waals surface area contributed by atoms with Gasteiger partial charge in [-0.3, -0.25) is 10.1 Å². The maximum absolute atomic E-state index is 11.9. The molecule has 2 rings (SSSR count). The number of benzene rings is 1. The molecule has 128 valence electrons. The van der Waals surface area contributed by atoms with Crippen LogP contribution >= 0.6 is 22.9 Å². The predicted octanol–water partition coefficient (Wildman–Crippen LogP) is 3.90. The molecule has 3 N–H and O–H groups in total. The van der Waals surface area contributed by atoms with Gasteiger partial charge in [0.05, 0.1) is 5.69 Å². The highest BCUT2D eigenvalue weighted by Gasteiger charge is 2.09. The van der Waals surface area contributed by atoms with E-state index in [0.717, 1.165) is 5.69 Å². The van der Waals surface area contributed by atoms with Gasteiger partial charge in [0, 0.05) is 28.6 Å². The van der Waals surface area contributed by atoms with Gasteiger partial charge in [0.2, 0.25) is 5.91 Å². The molecular weight excluding hydrogens is 348 g/mol. The molecule has 24 heavy (non-hydrogen) atoms. The van der Waals surface area contributed by atoms with Gasteiger partial charge < -0.3 is 10.6 Å². The number of halogens is 1. The number of aryl methyl sites for hydroxylation is 1. The Bertz CT molecular complexity index is 718. The summed E-state index contributed by atoms with van der Waals surface area (Å²) in [5, 5.41) is 11.0. The van der Waals surface area contributed by atoms with Crippen molar-refractivity contribution < 1.29 is 9.59 Å². The fourth-order valence-corrected chi connectivity index (χ4v) is 2.87. The first-order valence-corrected chi connectivity index (χ1v) is 8.75. The van der Waals surface area contributed by atoms with E-state index in [0.29, 0.717) is 28.7 Å². The van der Waals surface area contributed by atoms with Crippen LogP contribution in [0.15, 0.2) is 29.6 Å².